The third kappa shape index (κ3) is 4.26. The van der Waals surface area contributed by atoms with Crippen LogP contribution in [0.2, 0.25) is 0 Å². The van der Waals surface area contributed by atoms with Crippen LogP contribution in [0.4, 0.5) is 4.39 Å². The average molecular weight is 282 g/mol. The van der Waals surface area contributed by atoms with Crippen molar-refractivity contribution in [2.24, 2.45) is 0 Å². The zero-order valence-electron chi connectivity index (χ0n) is 11.2. The highest BCUT2D eigenvalue weighted by atomic mass is 19.1. The van der Waals surface area contributed by atoms with Crippen LogP contribution < -0.4 is 5.32 Å². The topological polar surface area (TPSA) is 61.8 Å². The first-order valence-electron chi connectivity index (χ1n) is 6.67. The fourth-order valence-corrected chi connectivity index (χ4v) is 2.10. The number of carbonyl (C=O) groups excluding carboxylic acids is 1. The van der Waals surface area contributed by atoms with Crippen molar-refractivity contribution in [2.75, 3.05) is 39.4 Å². The number of benzene rings is 1. The van der Waals surface area contributed by atoms with Gasteiger partial charge in [-0.15, -0.1) is 0 Å². The minimum Gasteiger partial charge on any atom is -0.390 e. The summed E-state index contributed by atoms with van der Waals surface area (Å²) in [6, 6.07) is 5.78. The monoisotopic (exact) mass is 282 g/mol. The molecule has 2 rings (SSSR count). The van der Waals surface area contributed by atoms with Gasteiger partial charge in [0.05, 0.1) is 24.9 Å². The molecule has 1 heterocycles. The minimum atomic E-state index is -0.677. The van der Waals surface area contributed by atoms with Crippen LogP contribution in [-0.4, -0.2) is 61.4 Å². The molecule has 1 unspecified atom stereocenters. The predicted molar refractivity (Wildman–Crippen MR) is 72.0 cm³/mol. The molecule has 1 amide bonds. The lowest BCUT2D eigenvalue weighted by Crippen LogP contribution is -2.44. The standard InChI is InChI=1S/C14H19FN2O3/c15-13-4-2-1-3-12(13)14(19)16-9-11(18)10-17-5-7-20-8-6-17/h1-4,11,18H,5-10H2,(H,16,19). The number of ether oxygens (including phenoxy) is 1. The summed E-state index contributed by atoms with van der Waals surface area (Å²) in [6.45, 7) is 3.45. The molecule has 0 radical (unpaired) electrons. The molecular weight excluding hydrogens is 263 g/mol. The van der Waals surface area contributed by atoms with Crippen molar-refractivity contribution in [3.8, 4) is 0 Å². The largest absolute Gasteiger partial charge is 0.390 e. The molecule has 0 aromatic heterocycles. The Hall–Kier alpha value is -1.50. The lowest BCUT2D eigenvalue weighted by Gasteiger charge is -2.28. The highest BCUT2D eigenvalue weighted by Gasteiger charge is 2.16. The van der Waals surface area contributed by atoms with E-state index in [-0.39, 0.29) is 12.1 Å². The Morgan fingerprint density at radius 2 is 2.10 bits per heavy atom. The molecule has 5 nitrogen and oxygen atoms in total. The Labute approximate surface area is 117 Å². The summed E-state index contributed by atoms with van der Waals surface area (Å²) in [7, 11) is 0. The van der Waals surface area contributed by atoms with Crippen LogP contribution in [0.1, 0.15) is 10.4 Å². The lowest BCUT2D eigenvalue weighted by molar-refractivity contribution is 0.0149. The fraction of sp³-hybridized carbons (Fsp3) is 0.500. The number of aliphatic hydroxyl groups is 1. The van der Waals surface area contributed by atoms with Gasteiger partial charge in [-0.25, -0.2) is 4.39 Å². The number of hydrogen-bond donors (Lipinski definition) is 2. The van der Waals surface area contributed by atoms with E-state index in [1.54, 1.807) is 6.07 Å². The second-order valence-corrected chi connectivity index (χ2v) is 4.76. The molecule has 1 saturated heterocycles. The second kappa shape index (κ2) is 7.33. The maximum Gasteiger partial charge on any atom is 0.254 e. The zero-order valence-corrected chi connectivity index (χ0v) is 11.2. The maximum atomic E-state index is 13.4. The van der Waals surface area contributed by atoms with E-state index in [9.17, 15) is 14.3 Å². The Morgan fingerprint density at radius 1 is 1.40 bits per heavy atom. The van der Waals surface area contributed by atoms with E-state index in [1.807, 2.05) is 0 Å². The number of rotatable bonds is 5. The first-order valence-corrected chi connectivity index (χ1v) is 6.67. The van der Waals surface area contributed by atoms with Crippen molar-refractivity contribution >= 4 is 5.91 Å². The van der Waals surface area contributed by atoms with Crippen molar-refractivity contribution in [3.05, 3.63) is 35.6 Å². The van der Waals surface area contributed by atoms with E-state index in [2.05, 4.69) is 10.2 Å². The van der Waals surface area contributed by atoms with Gasteiger partial charge in [0.15, 0.2) is 0 Å². The predicted octanol–water partition coefficient (Wildman–Crippen LogP) is 0.249. The maximum absolute atomic E-state index is 13.4. The number of morpholine rings is 1. The molecule has 1 fully saturated rings. The van der Waals surface area contributed by atoms with Crippen LogP contribution >= 0.6 is 0 Å². The number of amides is 1. The Morgan fingerprint density at radius 3 is 2.80 bits per heavy atom. The molecule has 1 aromatic carbocycles. The average Bonchev–Trinajstić information content (AvgIpc) is 2.46. The number of aliphatic hydroxyl groups excluding tert-OH is 1. The van der Waals surface area contributed by atoms with Gasteiger partial charge in [-0.1, -0.05) is 12.1 Å². The number of carbonyl (C=O) groups is 1. The molecule has 1 atom stereocenters. The van der Waals surface area contributed by atoms with Crippen molar-refractivity contribution in [2.45, 2.75) is 6.10 Å². The van der Waals surface area contributed by atoms with Gasteiger partial charge in [-0.2, -0.15) is 0 Å². The van der Waals surface area contributed by atoms with E-state index < -0.39 is 17.8 Å². The summed E-state index contributed by atoms with van der Waals surface area (Å²) in [5.41, 5.74) is -0.00827. The third-order valence-corrected chi connectivity index (χ3v) is 3.19. The van der Waals surface area contributed by atoms with Crippen LogP contribution in [0.15, 0.2) is 24.3 Å². The Balaban J connectivity index is 1.76. The van der Waals surface area contributed by atoms with Crippen LogP contribution in [0.3, 0.4) is 0 Å². The van der Waals surface area contributed by atoms with Crippen molar-refractivity contribution in [1.82, 2.24) is 10.2 Å². The smallest absolute Gasteiger partial charge is 0.254 e. The van der Waals surface area contributed by atoms with Crippen molar-refractivity contribution < 1.29 is 19.0 Å². The molecule has 110 valence electrons. The van der Waals surface area contributed by atoms with E-state index in [0.717, 1.165) is 13.1 Å². The van der Waals surface area contributed by atoms with Crippen LogP contribution in [-0.2, 0) is 4.74 Å². The molecule has 1 aromatic rings. The van der Waals surface area contributed by atoms with Gasteiger partial charge in [0, 0.05) is 26.2 Å². The molecule has 20 heavy (non-hydrogen) atoms. The van der Waals surface area contributed by atoms with Crippen molar-refractivity contribution in [3.63, 3.8) is 0 Å². The van der Waals surface area contributed by atoms with Crippen LogP contribution in [0, 0.1) is 5.82 Å². The second-order valence-electron chi connectivity index (χ2n) is 4.76. The quantitative estimate of drug-likeness (QED) is 0.812. The summed E-state index contributed by atoms with van der Waals surface area (Å²) in [6.07, 6.45) is -0.677. The first kappa shape index (κ1) is 14.9. The third-order valence-electron chi connectivity index (χ3n) is 3.19. The SMILES string of the molecule is O=C(NCC(O)CN1CCOCC1)c1ccccc1F. The number of hydrogen-bond acceptors (Lipinski definition) is 4. The van der Waals surface area contributed by atoms with Crippen LogP contribution in [0.25, 0.3) is 0 Å². The summed E-state index contributed by atoms with van der Waals surface area (Å²) < 4.78 is 18.6. The van der Waals surface area contributed by atoms with E-state index in [4.69, 9.17) is 4.74 Å². The zero-order chi connectivity index (χ0) is 14.4. The summed E-state index contributed by atoms with van der Waals surface area (Å²) in [5, 5.41) is 12.4. The summed E-state index contributed by atoms with van der Waals surface area (Å²) in [4.78, 5) is 13.8. The van der Waals surface area contributed by atoms with Gasteiger partial charge in [-0.05, 0) is 12.1 Å². The molecule has 1 aliphatic heterocycles. The van der Waals surface area contributed by atoms with Crippen molar-refractivity contribution in [1.29, 1.82) is 0 Å². The molecule has 1 aliphatic rings. The molecule has 0 spiro atoms. The minimum absolute atomic E-state index is 0.00827. The van der Waals surface area contributed by atoms with Gasteiger partial charge >= 0.3 is 0 Å². The number of nitrogens with one attached hydrogen (secondary N) is 1. The fourth-order valence-electron chi connectivity index (χ4n) is 2.10. The van der Waals surface area contributed by atoms with Gasteiger partial charge in [-0.3, -0.25) is 9.69 Å². The normalized spacial score (nSPS) is 17.7. The van der Waals surface area contributed by atoms with Gasteiger partial charge < -0.3 is 15.2 Å². The van der Waals surface area contributed by atoms with Gasteiger partial charge in [0.2, 0.25) is 0 Å². The Kier molecular flexibility index (Phi) is 5.46. The van der Waals surface area contributed by atoms with Gasteiger partial charge in [0.1, 0.15) is 5.82 Å². The molecule has 0 aliphatic carbocycles. The van der Waals surface area contributed by atoms with E-state index in [0.29, 0.717) is 19.8 Å². The lowest BCUT2D eigenvalue weighted by atomic mass is 10.2. The molecule has 0 saturated carbocycles. The summed E-state index contributed by atoms with van der Waals surface area (Å²) in [5.74, 6) is -1.07. The molecular formula is C14H19FN2O3. The number of halogens is 1. The number of nitrogens with zero attached hydrogens (tertiary/aromatic N) is 1. The van der Waals surface area contributed by atoms with E-state index >= 15 is 0 Å². The van der Waals surface area contributed by atoms with Crippen LogP contribution in [0.5, 0.6) is 0 Å². The van der Waals surface area contributed by atoms with Gasteiger partial charge in [0.25, 0.3) is 5.91 Å². The molecule has 6 heteroatoms. The summed E-state index contributed by atoms with van der Waals surface area (Å²) >= 11 is 0. The first-order chi connectivity index (χ1) is 9.66. The highest BCUT2D eigenvalue weighted by molar-refractivity contribution is 5.94. The molecule has 0 bridgehead atoms. The molecule has 2 N–H and O–H groups in total. The van der Waals surface area contributed by atoms with E-state index in [1.165, 1.54) is 18.2 Å². The number of β-amino-alcohol motifs (C(OH)–C–C–N with tert-alkyl or cyclic N) is 1. The Bertz CT molecular complexity index is 450. The highest BCUT2D eigenvalue weighted by Crippen LogP contribution is 2.06.